The zero-order valence-electron chi connectivity index (χ0n) is 24.7. The molecule has 0 radical (unpaired) electrons. The maximum absolute atomic E-state index is 13.5. The van der Waals surface area contributed by atoms with E-state index >= 15 is 0 Å². The predicted molar refractivity (Wildman–Crippen MR) is 165 cm³/mol. The van der Waals surface area contributed by atoms with Crippen molar-refractivity contribution < 1.29 is 27.5 Å². The molecule has 1 atom stereocenters. The molecular formula is C30H37ClN4O6S2. The molecule has 2 fully saturated rings. The van der Waals surface area contributed by atoms with Gasteiger partial charge in [0.2, 0.25) is 10.0 Å². The molecule has 5 rings (SSSR count). The smallest absolute Gasteiger partial charge is 0.338 e. The molecule has 0 amide bonds. The number of carbonyl (C=O) groups excluding carboxylic acids is 2. The zero-order chi connectivity index (χ0) is 30.9. The zero-order valence-corrected chi connectivity index (χ0v) is 27.1. The minimum atomic E-state index is -3.59. The van der Waals surface area contributed by atoms with Gasteiger partial charge in [-0.1, -0.05) is 29.8 Å². The lowest BCUT2D eigenvalue weighted by atomic mass is 9.85. The third-order valence-electron chi connectivity index (χ3n) is 7.88. The van der Waals surface area contributed by atoms with Gasteiger partial charge < -0.3 is 14.8 Å². The molecule has 13 heteroatoms. The minimum absolute atomic E-state index is 0.155. The maximum Gasteiger partial charge on any atom is 0.338 e. The molecule has 232 valence electrons. The molecule has 43 heavy (non-hydrogen) atoms. The fraction of sp³-hybridized carbons (Fsp3) is 0.533. The van der Waals surface area contributed by atoms with E-state index in [4.69, 9.17) is 26.1 Å². The number of hydrogen-bond acceptors (Lipinski definition) is 10. The highest BCUT2D eigenvalue weighted by atomic mass is 35.5. The molecule has 0 spiro atoms. The highest BCUT2D eigenvalue weighted by Gasteiger charge is 2.47. The first kappa shape index (κ1) is 31.6. The fourth-order valence-electron chi connectivity index (χ4n) is 5.69. The van der Waals surface area contributed by atoms with Gasteiger partial charge in [-0.2, -0.15) is 0 Å². The van der Waals surface area contributed by atoms with E-state index in [0.717, 1.165) is 0 Å². The van der Waals surface area contributed by atoms with Gasteiger partial charge in [0, 0.05) is 46.9 Å². The van der Waals surface area contributed by atoms with Crippen molar-refractivity contribution in [3.05, 3.63) is 62.7 Å². The number of ether oxygens (including phenoxy) is 2. The highest BCUT2D eigenvalue weighted by Crippen LogP contribution is 2.41. The molecule has 3 aliphatic rings. The van der Waals surface area contributed by atoms with Crippen LogP contribution in [-0.4, -0.2) is 66.0 Å². The van der Waals surface area contributed by atoms with Crippen molar-refractivity contribution in [3.63, 3.8) is 0 Å². The van der Waals surface area contributed by atoms with Gasteiger partial charge in [0.1, 0.15) is 11.6 Å². The van der Waals surface area contributed by atoms with Gasteiger partial charge >= 0.3 is 11.9 Å². The largest absolute Gasteiger partial charge is 0.463 e. The second-order valence-electron chi connectivity index (χ2n) is 12.0. The molecule has 1 unspecified atom stereocenters. The van der Waals surface area contributed by atoms with Crippen LogP contribution in [0.1, 0.15) is 70.0 Å². The first-order valence-corrected chi connectivity index (χ1v) is 17.3. The van der Waals surface area contributed by atoms with Gasteiger partial charge in [0.05, 0.1) is 23.3 Å². The summed E-state index contributed by atoms with van der Waals surface area (Å²) in [7, 11) is -3.59. The average molecular weight is 649 g/mol. The topological polar surface area (TPSA) is 127 Å². The van der Waals surface area contributed by atoms with Crippen LogP contribution in [0.2, 0.25) is 5.02 Å². The van der Waals surface area contributed by atoms with E-state index in [1.807, 2.05) is 23.6 Å². The number of piperidine rings is 1. The number of aromatic nitrogens is 1. The van der Waals surface area contributed by atoms with Crippen LogP contribution in [-0.2, 0) is 29.1 Å². The molecule has 1 aromatic heterocycles. The normalized spacial score (nSPS) is 23.7. The molecule has 1 saturated heterocycles. The summed E-state index contributed by atoms with van der Waals surface area (Å²) in [4.78, 5) is 35.2. The standard InChI is InChI=1S/C30H37ClN4O6S2/c1-5-40-29(37)23-24(33-26(27-32-12-15-42-27)34-25(23)21-8-6-7-9-22(21)31)18-10-13-35(14-11-18)43(38,39)20-16-19(17-20)28(36)41-30(2,3)4/h6-9,12,15,18-20,25H,5,10-11,13-14,16-17H2,1-4H3,(H,33,34)/t19-,20-,25?. The van der Waals surface area contributed by atoms with E-state index in [-0.39, 0.29) is 31.3 Å². The van der Waals surface area contributed by atoms with E-state index in [1.54, 1.807) is 40.0 Å². The lowest BCUT2D eigenvalue weighted by molar-refractivity contribution is -0.162. The van der Waals surface area contributed by atoms with Crippen LogP contribution >= 0.6 is 22.9 Å². The Hall–Kier alpha value is -2.80. The van der Waals surface area contributed by atoms with Crippen molar-refractivity contribution in [2.75, 3.05) is 19.7 Å². The van der Waals surface area contributed by atoms with Crippen molar-refractivity contribution in [2.24, 2.45) is 16.8 Å². The third kappa shape index (κ3) is 6.82. The number of thiazole rings is 1. The van der Waals surface area contributed by atoms with Crippen LogP contribution in [0.3, 0.4) is 0 Å². The van der Waals surface area contributed by atoms with Crippen molar-refractivity contribution in [2.45, 2.75) is 70.3 Å². The van der Waals surface area contributed by atoms with Crippen molar-refractivity contribution >= 4 is 50.7 Å². The molecule has 1 saturated carbocycles. The Balaban J connectivity index is 1.38. The van der Waals surface area contributed by atoms with Gasteiger partial charge in [-0.15, -0.1) is 11.3 Å². The third-order valence-corrected chi connectivity index (χ3v) is 11.3. The van der Waals surface area contributed by atoms with Crippen LogP contribution < -0.4 is 5.32 Å². The number of aliphatic imine (C=N–C) groups is 1. The molecule has 1 aromatic carbocycles. The van der Waals surface area contributed by atoms with E-state index < -0.39 is 38.8 Å². The second kappa shape index (κ2) is 12.7. The van der Waals surface area contributed by atoms with Crippen LogP contribution in [0.15, 0.2) is 52.1 Å². The van der Waals surface area contributed by atoms with Crippen LogP contribution in [0.5, 0.6) is 0 Å². The number of rotatable bonds is 8. The molecular weight excluding hydrogens is 612 g/mol. The monoisotopic (exact) mass is 648 g/mol. The Morgan fingerprint density at radius 2 is 1.86 bits per heavy atom. The summed E-state index contributed by atoms with van der Waals surface area (Å²) >= 11 is 8.03. The fourth-order valence-corrected chi connectivity index (χ4v) is 8.61. The average Bonchev–Trinajstić information content (AvgIpc) is 3.46. The van der Waals surface area contributed by atoms with Gasteiger partial charge in [-0.3, -0.25) is 9.79 Å². The summed E-state index contributed by atoms with van der Waals surface area (Å²) in [6, 6.07) is 6.56. The van der Waals surface area contributed by atoms with Gasteiger partial charge in [-0.25, -0.2) is 22.5 Å². The number of allylic oxidation sites excluding steroid dienone is 1. The van der Waals surface area contributed by atoms with Crippen molar-refractivity contribution in [1.82, 2.24) is 14.6 Å². The van der Waals surface area contributed by atoms with Crippen LogP contribution in [0.4, 0.5) is 0 Å². The summed E-state index contributed by atoms with van der Waals surface area (Å²) < 4.78 is 39.4. The number of sulfonamides is 1. The maximum atomic E-state index is 13.5. The molecule has 10 nitrogen and oxygen atoms in total. The lowest BCUT2D eigenvalue weighted by Gasteiger charge is -2.40. The number of nitrogens with zero attached hydrogens (tertiary/aromatic N) is 3. The Kier molecular flexibility index (Phi) is 9.31. The van der Waals surface area contributed by atoms with Crippen molar-refractivity contribution in [1.29, 1.82) is 0 Å². The minimum Gasteiger partial charge on any atom is -0.463 e. The summed E-state index contributed by atoms with van der Waals surface area (Å²) in [6.07, 6.45) is 3.21. The Bertz CT molecular complexity index is 1520. The summed E-state index contributed by atoms with van der Waals surface area (Å²) in [6.45, 7) is 7.93. The first-order valence-electron chi connectivity index (χ1n) is 14.5. The van der Waals surface area contributed by atoms with Crippen molar-refractivity contribution in [3.8, 4) is 0 Å². The number of hydrogen-bond donors (Lipinski definition) is 1. The SMILES string of the molecule is CCOC(=O)C1=C(C2CCN(S(=O)(=O)[C@H]3C[C@H](C(=O)OC(C)(C)C)C3)CC2)NC(c2nccs2)=NC1c1ccccc1Cl. The number of esters is 2. The van der Waals surface area contributed by atoms with E-state index in [9.17, 15) is 18.0 Å². The number of carbonyl (C=O) groups is 2. The number of halogens is 1. The highest BCUT2D eigenvalue weighted by molar-refractivity contribution is 7.89. The van der Waals surface area contributed by atoms with Crippen LogP contribution in [0, 0.1) is 11.8 Å². The molecule has 0 bridgehead atoms. The van der Waals surface area contributed by atoms with E-state index in [2.05, 4.69) is 10.3 Å². The Morgan fingerprint density at radius 1 is 1.16 bits per heavy atom. The lowest BCUT2D eigenvalue weighted by Crippen LogP contribution is -2.50. The quantitative estimate of drug-likeness (QED) is 0.402. The summed E-state index contributed by atoms with van der Waals surface area (Å²) in [5, 5.41) is 5.78. The second-order valence-corrected chi connectivity index (χ2v) is 15.5. The van der Waals surface area contributed by atoms with E-state index in [0.29, 0.717) is 58.6 Å². The number of amidine groups is 1. The van der Waals surface area contributed by atoms with Gasteiger partial charge in [0.15, 0.2) is 10.8 Å². The predicted octanol–water partition coefficient (Wildman–Crippen LogP) is 4.87. The molecule has 2 aliphatic heterocycles. The number of nitrogens with one attached hydrogen (secondary N) is 1. The molecule has 2 aromatic rings. The Morgan fingerprint density at radius 3 is 2.47 bits per heavy atom. The summed E-state index contributed by atoms with van der Waals surface area (Å²) in [5.41, 5.74) is 1.09. The van der Waals surface area contributed by atoms with Gasteiger partial charge in [-0.05, 0) is 59.4 Å². The van der Waals surface area contributed by atoms with Gasteiger partial charge in [0.25, 0.3) is 0 Å². The number of benzene rings is 1. The first-order chi connectivity index (χ1) is 20.4. The molecule has 1 aliphatic carbocycles. The Labute approximate surface area is 261 Å². The van der Waals surface area contributed by atoms with E-state index in [1.165, 1.54) is 15.6 Å². The summed E-state index contributed by atoms with van der Waals surface area (Å²) in [5.74, 6) is -0.858. The molecule has 1 N–H and O–H groups in total. The van der Waals surface area contributed by atoms with Crippen LogP contribution in [0.25, 0.3) is 0 Å². The molecule has 3 heterocycles.